The first kappa shape index (κ1) is 32.6. The molecule has 0 aliphatic rings. The quantitative estimate of drug-likeness (QED) is 0.140. The summed E-state index contributed by atoms with van der Waals surface area (Å²) in [5.41, 5.74) is 6.70. The largest absolute Gasteiger partial charge is 0.480 e. The average Bonchev–Trinajstić information content (AvgIpc) is 2.93. The van der Waals surface area contributed by atoms with Crippen LogP contribution in [0.15, 0.2) is 76.9 Å². The number of thioether (sulfide) groups is 2. The lowest BCUT2D eigenvalue weighted by Gasteiger charge is -2.25. The van der Waals surface area contributed by atoms with E-state index in [1.807, 2.05) is 0 Å². The number of carbonyl (C=O) groups excluding carboxylic acids is 2. The second kappa shape index (κ2) is 12.7. The van der Waals surface area contributed by atoms with Gasteiger partial charge in [0.2, 0.25) is 11.8 Å². The normalized spacial score (nSPS) is 11.7. The van der Waals surface area contributed by atoms with Crippen LogP contribution in [0.5, 0.6) is 5.88 Å². The van der Waals surface area contributed by atoms with Crippen molar-refractivity contribution in [3.05, 3.63) is 89.9 Å². The Labute approximate surface area is 261 Å². The van der Waals surface area contributed by atoms with E-state index >= 15 is 8.78 Å². The maximum atomic E-state index is 15.3. The molecule has 2 aromatic carbocycles. The molecule has 0 spiro atoms. The first-order valence-corrected chi connectivity index (χ1v) is 14.9. The van der Waals surface area contributed by atoms with E-state index in [2.05, 4.69) is 9.97 Å². The third-order valence-electron chi connectivity index (χ3n) is 6.52. The van der Waals surface area contributed by atoms with Gasteiger partial charge < -0.3 is 15.6 Å². The fourth-order valence-corrected chi connectivity index (χ4v) is 6.21. The van der Waals surface area contributed by atoms with E-state index in [1.165, 1.54) is 56.7 Å². The van der Waals surface area contributed by atoms with Crippen LogP contribution < -0.4 is 10.5 Å². The predicted octanol–water partition coefficient (Wildman–Crippen LogP) is 6.93. The molecule has 0 radical (unpaired) electrons. The molecule has 3 N–H and O–H groups in total. The number of carboxylic acids is 1. The minimum Gasteiger partial charge on any atom is -0.480 e. The number of carboxylic acid groups (broad SMARTS) is 1. The van der Waals surface area contributed by atoms with Gasteiger partial charge in [-0.25, -0.2) is 13.8 Å². The number of primary amides is 1. The molecular weight excluding hydrogens is 608 g/mol. The third-order valence-corrected chi connectivity index (χ3v) is 9.02. The number of aryl methyl sites for hydroxylation is 1. The molecule has 0 saturated heterocycles. The van der Waals surface area contributed by atoms with E-state index in [0.29, 0.717) is 20.9 Å². The number of benzene rings is 2. The number of esters is 1. The Morgan fingerprint density at radius 3 is 2.11 bits per heavy atom. The van der Waals surface area contributed by atoms with Crippen molar-refractivity contribution in [1.82, 2.24) is 9.97 Å². The Bertz CT molecular complexity index is 1780. The van der Waals surface area contributed by atoms with E-state index in [-0.39, 0.29) is 28.1 Å². The molecule has 12 heteroatoms. The highest BCUT2D eigenvalue weighted by Gasteiger charge is 2.35. The van der Waals surface area contributed by atoms with E-state index in [0.717, 1.165) is 29.6 Å². The van der Waals surface area contributed by atoms with Gasteiger partial charge in [0.05, 0.1) is 5.56 Å². The van der Waals surface area contributed by atoms with Crippen molar-refractivity contribution >= 4 is 41.4 Å². The first-order valence-electron chi connectivity index (χ1n) is 13.2. The van der Waals surface area contributed by atoms with Gasteiger partial charge in [-0.05, 0) is 70.5 Å². The second-order valence-electron chi connectivity index (χ2n) is 10.8. The monoisotopic (exact) mass is 637 g/mol. The van der Waals surface area contributed by atoms with Crippen LogP contribution in [-0.4, -0.2) is 42.4 Å². The van der Waals surface area contributed by atoms with Crippen LogP contribution in [0.3, 0.4) is 0 Å². The van der Waals surface area contributed by atoms with Gasteiger partial charge in [-0.15, -0.1) is 23.5 Å². The van der Waals surface area contributed by atoms with Crippen LogP contribution in [0.25, 0.3) is 22.3 Å². The molecule has 228 valence electrons. The summed E-state index contributed by atoms with van der Waals surface area (Å²) in [6, 6.07) is 11.5. The number of hydrogen-bond donors (Lipinski definition) is 2. The Morgan fingerprint density at radius 1 is 0.841 bits per heavy atom. The summed E-state index contributed by atoms with van der Waals surface area (Å²) in [5, 5.41) is 9.73. The van der Waals surface area contributed by atoms with Gasteiger partial charge >= 0.3 is 11.9 Å². The zero-order chi connectivity index (χ0) is 32.4. The summed E-state index contributed by atoms with van der Waals surface area (Å²) in [6.07, 6.45) is 4.29. The highest BCUT2D eigenvalue weighted by atomic mass is 32.2. The van der Waals surface area contributed by atoms with Gasteiger partial charge in [-0.1, -0.05) is 18.2 Å². The van der Waals surface area contributed by atoms with Crippen LogP contribution in [0, 0.1) is 18.6 Å². The molecule has 4 rings (SSSR count). The van der Waals surface area contributed by atoms with Crippen molar-refractivity contribution in [3.63, 3.8) is 0 Å². The molecule has 0 unspecified atom stereocenters. The van der Waals surface area contributed by atoms with Gasteiger partial charge in [0, 0.05) is 50.6 Å². The van der Waals surface area contributed by atoms with E-state index < -0.39 is 39.0 Å². The smallest absolute Gasteiger partial charge is 0.328 e. The van der Waals surface area contributed by atoms with Gasteiger partial charge in [0.1, 0.15) is 21.1 Å². The fraction of sp³-hybridized carbons (Fsp3) is 0.219. The van der Waals surface area contributed by atoms with Crippen LogP contribution in [0.2, 0.25) is 0 Å². The lowest BCUT2D eigenvalue weighted by molar-refractivity contribution is -0.139. The molecule has 0 aliphatic heterocycles. The molecule has 0 atom stereocenters. The molecule has 0 fully saturated rings. The standard InChI is InChI=1S/C32H29F2N3O5S2/c1-17-6-8-20(22(33)14-17)26-25(44-31(2,3)29(39)40)11-13-37-28(26)42-30(41)32(4,5)43-24-10-12-36-16-21(24)19-9-7-18(27(35)38)15-23(19)34/h6-16H,1-5H3,(H2,35,38)(H,39,40). The number of nitrogens with two attached hydrogens (primary N) is 1. The summed E-state index contributed by atoms with van der Waals surface area (Å²) in [5.74, 6) is -4.07. The minimum absolute atomic E-state index is 0.00806. The van der Waals surface area contributed by atoms with Crippen molar-refractivity contribution in [2.45, 2.75) is 53.9 Å². The SMILES string of the molecule is Cc1ccc(-c2c(SC(C)(C)C(=O)O)ccnc2OC(=O)C(C)(C)Sc2ccncc2-c2ccc(C(N)=O)cc2F)c(F)c1. The first-order chi connectivity index (χ1) is 20.6. The molecule has 1 amide bonds. The summed E-state index contributed by atoms with van der Waals surface area (Å²) >= 11 is 2.05. The lowest BCUT2D eigenvalue weighted by atomic mass is 10.0. The van der Waals surface area contributed by atoms with Crippen molar-refractivity contribution < 1.29 is 33.0 Å². The highest BCUT2D eigenvalue weighted by Crippen LogP contribution is 2.45. The van der Waals surface area contributed by atoms with Crippen molar-refractivity contribution in [2.24, 2.45) is 5.73 Å². The number of pyridine rings is 2. The second-order valence-corrected chi connectivity index (χ2v) is 14.2. The van der Waals surface area contributed by atoms with Crippen molar-refractivity contribution in [2.75, 3.05) is 0 Å². The molecule has 4 aromatic rings. The van der Waals surface area contributed by atoms with Gasteiger partial charge in [0.15, 0.2) is 0 Å². The van der Waals surface area contributed by atoms with E-state index in [1.54, 1.807) is 39.0 Å². The van der Waals surface area contributed by atoms with Crippen molar-refractivity contribution in [3.8, 4) is 28.1 Å². The Hall–Kier alpha value is -4.29. The number of ether oxygens (including phenoxy) is 1. The minimum atomic E-state index is -1.30. The number of amides is 1. The molecule has 0 bridgehead atoms. The summed E-state index contributed by atoms with van der Waals surface area (Å²) in [7, 11) is 0. The van der Waals surface area contributed by atoms with Crippen LogP contribution in [0.1, 0.15) is 43.6 Å². The molecule has 0 aliphatic carbocycles. The maximum Gasteiger partial charge on any atom is 0.328 e. The van der Waals surface area contributed by atoms with Gasteiger partial charge in [0.25, 0.3) is 0 Å². The number of aliphatic carboxylic acids is 1. The van der Waals surface area contributed by atoms with Crippen LogP contribution >= 0.6 is 23.5 Å². The van der Waals surface area contributed by atoms with E-state index in [4.69, 9.17) is 10.5 Å². The van der Waals surface area contributed by atoms with Gasteiger partial charge in [-0.3, -0.25) is 19.4 Å². The lowest BCUT2D eigenvalue weighted by Crippen LogP contribution is -2.33. The summed E-state index contributed by atoms with van der Waals surface area (Å²) < 4.78 is 33.5. The summed E-state index contributed by atoms with van der Waals surface area (Å²) in [6.45, 7) is 7.96. The molecule has 8 nitrogen and oxygen atoms in total. The molecule has 2 aromatic heterocycles. The zero-order valence-electron chi connectivity index (χ0n) is 24.5. The number of aromatic nitrogens is 2. The molecule has 44 heavy (non-hydrogen) atoms. The Balaban J connectivity index is 1.72. The predicted molar refractivity (Wildman–Crippen MR) is 166 cm³/mol. The molecule has 0 saturated carbocycles. The Kier molecular flexibility index (Phi) is 9.45. The topological polar surface area (TPSA) is 132 Å². The third kappa shape index (κ3) is 7.08. The van der Waals surface area contributed by atoms with Gasteiger partial charge in [-0.2, -0.15) is 0 Å². The number of halogens is 2. The van der Waals surface area contributed by atoms with E-state index in [9.17, 15) is 19.5 Å². The van der Waals surface area contributed by atoms with Crippen molar-refractivity contribution in [1.29, 1.82) is 0 Å². The fourth-order valence-electron chi connectivity index (χ4n) is 4.06. The average molecular weight is 638 g/mol. The number of carbonyl (C=O) groups is 3. The Morgan fingerprint density at radius 2 is 1.48 bits per heavy atom. The highest BCUT2D eigenvalue weighted by molar-refractivity contribution is 8.01. The number of hydrogen-bond acceptors (Lipinski definition) is 8. The number of rotatable bonds is 10. The zero-order valence-corrected chi connectivity index (χ0v) is 26.1. The molecule has 2 heterocycles. The summed E-state index contributed by atoms with van der Waals surface area (Å²) in [4.78, 5) is 46.3. The molecular formula is C32H29F2N3O5S2. The van der Waals surface area contributed by atoms with Crippen LogP contribution in [-0.2, 0) is 9.59 Å². The maximum absolute atomic E-state index is 15.3. The van der Waals surface area contributed by atoms with Crippen LogP contribution in [0.4, 0.5) is 8.78 Å². The number of nitrogens with zero attached hydrogens (tertiary/aromatic N) is 2.